The van der Waals surface area contributed by atoms with Gasteiger partial charge in [-0.2, -0.15) is 13.2 Å². The van der Waals surface area contributed by atoms with Gasteiger partial charge in [0.2, 0.25) is 0 Å². The summed E-state index contributed by atoms with van der Waals surface area (Å²) in [7, 11) is 0. The van der Waals surface area contributed by atoms with Crippen LogP contribution in [0.1, 0.15) is 23.8 Å². The number of benzene rings is 1. The minimum absolute atomic E-state index is 0.00578. The van der Waals surface area contributed by atoms with E-state index in [9.17, 15) is 17.6 Å². The van der Waals surface area contributed by atoms with Crippen molar-refractivity contribution >= 4 is 0 Å². The number of nitrogens with one attached hydrogen (secondary N) is 1. The molecule has 1 N–H and O–H groups in total. The predicted octanol–water partition coefficient (Wildman–Crippen LogP) is 4.16. The van der Waals surface area contributed by atoms with E-state index in [4.69, 9.17) is 4.42 Å². The van der Waals surface area contributed by atoms with Crippen molar-refractivity contribution in [1.29, 1.82) is 0 Å². The average Bonchev–Trinajstić information content (AvgIpc) is 2.87. The van der Waals surface area contributed by atoms with Crippen LogP contribution in [0, 0.1) is 5.82 Å². The number of rotatable bonds is 5. The Balaban J connectivity index is 1.98. The molecule has 21 heavy (non-hydrogen) atoms. The molecule has 0 radical (unpaired) electrons. The molecule has 2 aromatic rings. The third-order valence-electron chi connectivity index (χ3n) is 3.03. The van der Waals surface area contributed by atoms with Crippen molar-refractivity contribution in [2.75, 3.05) is 0 Å². The lowest BCUT2D eigenvalue weighted by Gasteiger charge is -2.14. The highest BCUT2D eigenvalue weighted by molar-refractivity contribution is 5.26. The van der Waals surface area contributed by atoms with Gasteiger partial charge >= 0.3 is 6.18 Å². The monoisotopic (exact) mass is 301 g/mol. The number of hydrogen-bond acceptors (Lipinski definition) is 2. The summed E-state index contributed by atoms with van der Waals surface area (Å²) in [6.45, 7) is 2.04. The van der Waals surface area contributed by atoms with E-state index in [0.717, 1.165) is 17.9 Å². The molecular weight excluding hydrogens is 286 g/mol. The van der Waals surface area contributed by atoms with Crippen molar-refractivity contribution in [3.63, 3.8) is 0 Å². The largest absolute Gasteiger partial charge is 0.469 e. The fourth-order valence-corrected chi connectivity index (χ4v) is 2.01. The Bertz CT molecular complexity index is 578. The van der Waals surface area contributed by atoms with Crippen molar-refractivity contribution < 1.29 is 22.0 Å². The SMILES string of the molecule is CC(Cc1ccco1)NCc1cc(F)cc(C(F)(F)F)c1. The zero-order chi connectivity index (χ0) is 15.5. The lowest BCUT2D eigenvalue weighted by Crippen LogP contribution is -2.27. The van der Waals surface area contributed by atoms with Crippen molar-refractivity contribution in [3.8, 4) is 0 Å². The molecule has 0 bridgehead atoms. The maximum atomic E-state index is 13.2. The Hall–Kier alpha value is -1.82. The predicted molar refractivity (Wildman–Crippen MR) is 70.1 cm³/mol. The summed E-state index contributed by atoms with van der Waals surface area (Å²) in [6, 6.07) is 6.13. The second kappa shape index (κ2) is 6.30. The first-order chi connectivity index (χ1) is 9.84. The number of furan rings is 1. The highest BCUT2D eigenvalue weighted by Gasteiger charge is 2.31. The molecule has 1 heterocycles. The summed E-state index contributed by atoms with van der Waals surface area (Å²) in [4.78, 5) is 0. The average molecular weight is 301 g/mol. The molecule has 2 nitrogen and oxygen atoms in total. The molecule has 0 aliphatic heterocycles. The zero-order valence-corrected chi connectivity index (χ0v) is 11.4. The summed E-state index contributed by atoms with van der Waals surface area (Å²) < 4.78 is 56.2. The second-order valence-electron chi connectivity index (χ2n) is 4.91. The van der Waals surface area contributed by atoms with Gasteiger partial charge in [0.15, 0.2) is 0 Å². The van der Waals surface area contributed by atoms with Crippen LogP contribution < -0.4 is 5.32 Å². The van der Waals surface area contributed by atoms with E-state index in [0.29, 0.717) is 12.5 Å². The molecule has 0 spiro atoms. The minimum Gasteiger partial charge on any atom is -0.469 e. The normalized spacial score (nSPS) is 13.4. The molecule has 6 heteroatoms. The van der Waals surface area contributed by atoms with Crippen LogP contribution in [0.3, 0.4) is 0 Å². The molecule has 1 unspecified atom stereocenters. The summed E-state index contributed by atoms with van der Waals surface area (Å²) >= 11 is 0. The Morgan fingerprint density at radius 2 is 2.00 bits per heavy atom. The quantitative estimate of drug-likeness (QED) is 0.839. The van der Waals surface area contributed by atoms with E-state index in [2.05, 4.69) is 5.32 Å². The number of hydrogen-bond donors (Lipinski definition) is 1. The second-order valence-corrected chi connectivity index (χ2v) is 4.91. The summed E-state index contributed by atoms with van der Waals surface area (Å²) in [6.07, 6.45) is -2.38. The molecule has 1 aromatic carbocycles. The van der Waals surface area contributed by atoms with Crippen LogP contribution in [0.15, 0.2) is 41.0 Å². The molecule has 0 aliphatic rings. The summed E-state index contributed by atoms with van der Waals surface area (Å²) in [5.41, 5.74) is -0.716. The molecule has 1 aromatic heterocycles. The van der Waals surface area contributed by atoms with E-state index in [1.807, 2.05) is 13.0 Å². The summed E-state index contributed by atoms with van der Waals surface area (Å²) in [5, 5.41) is 3.05. The van der Waals surface area contributed by atoms with Gasteiger partial charge in [0.05, 0.1) is 11.8 Å². The molecular formula is C15H15F4NO. The maximum absolute atomic E-state index is 13.2. The van der Waals surface area contributed by atoms with E-state index >= 15 is 0 Å². The Morgan fingerprint density at radius 1 is 1.24 bits per heavy atom. The minimum atomic E-state index is -4.55. The van der Waals surface area contributed by atoms with Crippen LogP contribution >= 0.6 is 0 Å². The highest BCUT2D eigenvalue weighted by atomic mass is 19.4. The molecule has 114 valence electrons. The topological polar surface area (TPSA) is 25.2 Å². The fraction of sp³-hybridized carbons (Fsp3) is 0.333. The van der Waals surface area contributed by atoms with E-state index in [1.165, 1.54) is 0 Å². The molecule has 0 aliphatic carbocycles. The van der Waals surface area contributed by atoms with Crippen molar-refractivity contribution in [1.82, 2.24) is 5.32 Å². The lowest BCUT2D eigenvalue weighted by atomic mass is 10.1. The smallest absolute Gasteiger partial charge is 0.416 e. The molecule has 1 atom stereocenters. The first-order valence-electron chi connectivity index (χ1n) is 6.47. The van der Waals surface area contributed by atoms with Gasteiger partial charge in [-0.15, -0.1) is 0 Å². The van der Waals surface area contributed by atoms with Crippen molar-refractivity contribution in [2.45, 2.75) is 32.1 Å². The van der Waals surface area contributed by atoms with Crippen molar-refractivity contribution in [3.05, 3.63) is 59.3 Å². The van der Waals surface area contributed by atoms with E-state index in [-0.39, 0.29) is 18.2 Å². The van der Waals surface area contributed by atoms with Gasteiger partial charge in [0.25, 0.3) is 0 Å². The molecule has 0 amide bonds. The van der Waals surface area contributed by atoms with Crippen molar-refractivity contribution in [2.24, 2.45) is 0 Å². The van der Waals surface area contributed by atoms with Crippen LogP contribution in [0.2, 0.25) is 0 Å². The number of alkyl halides is 3. The van der Waals surface area contributed by atoms with Crippen LogP contribution in [0.5, 0.6) is 0 Å². The maximum Gasteiger partial charge on any atom is 0.416 e. The first-order valence-corrected chi connectivity index (χ1v) is 6.47. The lowest BCUT2D eigenvalue weighted by molar-refractivity contribution is -0.137. The highest BCUT2D eigenvalue weighted by Crippen LogP contribution is 2.30. The summed E-state index contributed by atoms with van der Waals surface area (Å²) in [5.74, 6) is -0.106. The third-order valence-corrected chi connectivity index (χ3v) is 3.03. The molecule has 0 fully saturated rings. The van der Waals surface area contributed by atoms with Gasteiger partial charge in [0, 0.05) is 19.0 Å². The van der Waals surface area contributed by atoms with Crippen LogP contribution in [0.4, 0.5) is 17.6 Å². The van der Waals surface area contributed by atoms with E-state index < -0.39 is 17.6 Å². The Morgan fingerprint density at radius 3 is 2.62 bits per heavy atom. The van der Waals surface area contributed by atoms with Gasteiger partial charge in [-0.3, -0.25) is 0 Å². The van der Waals surface area contributed by atoms with Crippen LogP contribution in [-0.4, -0.2) is 6.04 Å². The van der Waals surface area contributed by atoms with E-state index in [1.54, 1.807) is 12.3 Å². The molecule has 0 saturated heterocycles. The van der Waals surface area contributed by atoms with Crippen LogP contribution in [0.25, 0.3) is 0 Å². The standard InChI is InChI=1S/C15H15F4NO/c1-10(5-14-3-2-4-21-14)20-9-11-6-12(15(17,18)19)8-13(16)7-11/h2-4,6-8,10,20H,5,9H2,1H3. The molecule has 2 rings (SSSR count). The fourth-order valence-electron chi connectivity index (χ4n) is 2.01. The first kappa shape index (κ1) is 15.6. The number of halogens is 4. The third kappa shape index (κ3) is 4.60. The Kier molecular flexibility index (Phi) is 4.67. The van der Waals surface area contributed by atoms with Gasteiger partial charge < -0.3 is 9.73 Å². The van der Waals surface area contributed by atoms with Gasteiger partial charge in [0.1, 0.15) is 11.6 Å². The van der Waals surface area contributed by atoms with Gasteiger partial charge in [-0.25, -0.2) is 4.39 Å². The Labute approximate surface area is 119 Å². The van der Waals surface area contributed by atoms with Crippen LogP contribution in [-0.2, 0) is 19.1 Å². The van der Waals surface area contributed by atoms with Gasteiger partial charge in [-0.05, 0) is 42.8 Å². The molecule has 0 saturated carbocycles. The zero-order valence-electron chi connectivity index (χ0n) is 11.4. The van der Waals surface area contributed by atoms with Gasteiger partial charge in [-0.1, -0.05) is 0 Å².